The van der Waals surface area contributed by atoms with Crippen molar-refractivity contribution in [2.24, 2.45) is 0 Å². The largest absolute Gasteiger partial charge is 0.481 e. The van der Waals surface area contributed by atoms with Gasteiger partial charge in [0.15, 0.2) is 0 Å². The van der Waals surface area contributed by atoms with Crippen LogP contribution in [0.4, 0.5) is 24.5 Å². The van der Waals surface area contributed by atoms with Crippen LogP contribution in [0.5, 0.6) is 5.88 Å². The molecule has 0 aliphatic heterocycles. The van der Waals surface area contributed by atoms with Gasteiger partial charge in [-0.05, 0) is 42.5 Å². The number of ether oxygens (including phenoxy) is 1. The minimum Gasteiger partial charge on any atom is -0.481 e. The number of methoxy groups -OCH3 is 1. The van der Waals surface area contributed by atoms with Gasteiger partial charge in [-0.25, -0.2) is 13.4 Å². The molecule has 2 aromatic carbocycles. The Hall–Kier alpha value is -3.31. The first-order valence-corrected chi connectivity index (χ1v) is 10.7. The number of hydrogen-bond donors (Lipinski definition) is 2. The van der Waals surface area contributed by atoms with Gasteiger partial charge in [-0.3, -0.25) is 9.52 Å². The zero-order chi connectivity index (χ0) is 23.5. The number of alkyl halides is 3. The van der Waals surface area contributed by atoms with Crippen LogP contribution >= 0.6 is 11.6 Å². The van der Waals surface area contributed by atoms with Crippen molar-refractivity contribution in [3.05, 3.63) is 76.9 Å². The molecule has 32 heavy (non-hydrogen) atoms. The van der Waals surface area contributed by atoms with Crippen LogP contribution < -0.4 is 14.8 Å². The molecule has 0 aliphatic carbocycles. The highest BCUT2D eigenvalue weighted by molar-refractivity contribution is 7.92. The Morgan fingerprint density at radius 2 is 1.81 bits per heavy atom. The second kappa shape index (κ2) is 9.05. The fourth-order valence-electron chi connectivity index (χ4n) is 2.59. The molecule has 0 fully saturated rings. The van der Waals surface area contributed by atoms with E-state index in [-0.39, 0.29) is 21.2 Å². The van der Waals surface area contributed by atoms with E-state index in [1.807, 2.05) is 0 Å². The summed E-state index contributed by atoms with van der Waals surface area (Å²) in [6.07, 6.45) is -3.30. The molecule has 1 aromatic heterocycles. The summed E-state index contributed by atoms with van der Waals surface area (Å²) in [5.74, 6) is -0.382. The Kier molecular flexibility index (Phi) is 6.60. The minimum absolute atomic E-state index is 0.0259. The van der Waals surface area contributed by atoms with Gasteiger partial charge < -0.3 is 10.1 Å². The first-order chi connectivity index (χ1) is 15.0. The lowest BCUT2D eigenvalue weighted by atomic mass is 10.2. The van der Waals surface area contributed by atoms with Gasteiger partial charge in [-0.2, -0.15) is 13.2 Å². The molecule has 0 saturated carbocycles. The third-order valence-corrected chi connectivity index (χ3v) is 5.85. The van der Waals surface area contributed by atoms with Gasteiger partial charge >= 0.3 is 6.18 Å². The van der Waals surface area contributed by atoms with E-state index in [2.05, 4.69) is 15.0 Å². The molecule has 1 amide bonds. The summed E-state index contributed by atoms with van der Waals surface area (Å²) in [6.45, 7) is 0. The van der Waals surface area contributed by atoms with Crippen molar-refractivity contribution < 1.29 is 31.1 Å². The Balaban J connectivity index is 1.85. The van der Waals surface area contributed by atoms with Crippen molar-refractivity contribution in [2.45, 2.75) is 11.1 Å². The van der Waals surface area contributed by atoms with Crippen molar-refractivity contribution in [1.29, 1.82) is 0 Å². The molecule has 12 heteroatoms. The van der Waals surface area contributed by atoms with Crippen LogP contribution in [-0.2, 0) is 16.2 Å². The predicted octanol–water partition coefficient (Wildman–Crippen LogP) is 4.82. The molecular weight excluding hydrogens is 471 g/mol. The van der Waals surface area contributed by atoms with Crippen LogP contribution in [0.1, 0.15) is 15.9 Å². The van der Waals surface area contributed by atoms with Crippen LogP contribution in [0.3, 0.4) is 0 Å². The summed E-state index contributed by atoms with van der Waals surface area (Å²) in [6, 6.07) is 10.1. The zero-order valence-electron chi connectivity index (χ0n) is 16.3. The van der Waals surface area contributed by atoms with Gasteiger partial charge in [0.2, 0.25) is 5.88 Å². The Morgan fingerprint density at radius 1 is 1.06 bits per heavy atom. The molecule has 0 spiro atoms. The third kappa shape index (κ3) is 5.48. The van der Waals surface area contributed by atoms with E-state index >= 15 is 0 Å². The molecule has 3 aromatic rings. The number of sulfonamides is 1. The van der Waals surface area contributed by atoms with Gasteiger partial charge in [0.25, 0.3) is 15.9 Å². The van der Waals surface area contributed by atoms with E-state index in [0.717, 1.165) is 24.3 Å². The number of amides is 1. The van der Waals surface area contributed by atoms with Gasteiger partial charge in [0, 0.05) is 11.8 Å². The Bertz CT molecular complexity index is 1250. The monoisotopic (exact) mass is 485 g/mol. The lowest BCUT2D eigenvalue weighted by Crippen LogP contribution is -2.17. The molecule has 0 atom stereocenters. The van der Waals surface area contributed by atoms with Crippen molar-refractivity contribution in [1.82, 2.24) is 4.98 Å². The maximum Gasteiger partial charge on any atom is 0.416 e. The van der Waals surface area contributed by atoms with Gasteiger partial charge in [-0.1, -0.05) is 17.7 Å². The molecular formula is C20H15ClF3N3O4S. The molecule has 0 aliphatic rings. The highest BCUT2D eigenvalue weighted by Gasteiger charge is 2.31. The number of nitrogens with one attached hydrogen (secondary N) is 2. The Morgan fingerprint density at radius 3 is 2.44 bits per heavy atom. The number of aromatic nitrogens is 1. The Labute approximate surface area is 186 Å². The molecule has 2 N–H and O–H groups in total. The van der Waals surface area contributed by atoms with Crippen molar-refractivity contribution >= 4 is 38.9 Å². The summed E-state index contributed by atoms with van der Waals surface area (Å²) in [7, 11) is -2.88. The summed E-state index contributed by atoms with van der Waals surface area (Å²) >= 11 is 6.05. The molecule has 1 heterocycles. The molecule has 3 rings (SSSR count). The zero-order valence-corrected chi connectivity index (χ0v) is 17.8. The van der Waals surface area contributed by atoms with Crippen LogP contribution in [0.15, 0.2) is 65.7 Å². The minimum atomic E-state index is -4.64. The maximum absolute atomic E-state index is 12.9. The maximum atomic E-state index is 12.9. The number of hydrogen-bond acceptors (Lipinski definition) is 5. The van der Waals surface area contributed by atoms with Gasteiger partial charge in [0.1, 0.15) is 0 Å². The van der Waals surface area contributed by atoms with Crippen LogP contribution in [0, 0.1) is 0 Å². The molecule has 0 bridgehead atoms. The fourth-order valence-corrected chi connectivity index (χ4v) is 3.87. The number of rotatable bonds is 6. The smallest absolute Gasteiger partial charge is 0.416 e. The number of anilines is 2. The molecule has 0 saturated heterocycles. The molecule has 168 valence electrons. The van der Waals surface area contributed by atoms with E-state index in [1.54, 1.807) is 0 Å². The number of nitrogens with zero attached hydrogens (tertiary/aromatic N) is 1. The van der Waals surface area contributed by atoms with E-state index in [0.29, 0.717) is 17.6 Å². The van der Waals surface area contributed by atoms with Gasteiger partial charge in [0.05, 0.1) is 40.0 Å². The third-order valence-electron chi connectivity index (χ3n) is 4.14. The second-order valence-corrected chi connectivity index (χ2v) is 8.46. The van der Waals surface area contributed by atoms with Crippen LogP contribution in [0.2, 0.25) is 5.02 Å². The highest BCUT2D eigenvalue weighted by atomic mass is 35.5. The van der Waals surface area contributed by atoms with Crippen molar-refractivity contribution in [2.75, 3.05) is 17.1 Å². The van der Waals surface area contributed by atoms with E-state index in [4.69, 9.17) is 16.3 Å². The van der Waals surface area contributed by atoms with Crippen molar-refractivity contribution in [3.8, 4) is 5.88 Å². The highest BCUT2D eigenvalue weighted by Crippen LogP contribution is 2.31. The number of carbonyl (C=O) groups is 1. The number of pyridine rings is 1. The van der Waals surface area contributed by atoms with Gasteiger partial charge in [-0.15, -0.1) is 0 Å². The quantitative estimate of drug-likeness (QED) is 0.522. The summed E-state index contributed by atoms with van der Waals surface area (Å²) < 4.78 is 71.0. The molecule has 7 nitrogen and oxygen atoms in total. The molecule has 0 unspecified atom stereocenters. The normalized spacial score (nSPS) is 11.7. The standard InChI is InChI=1S/C20H15ClF3N3O4S/c1-31-18-8-5-14(11-25-18)26-19(28)16-10-15(6-7-17(16)21)32(29,30)27-13-4-2-3-12(9-13)20(22,23)24/h2-11,27H,1H3,(H,26,28). The average Bonchev–Trinajstić information content (AvgIpc) is 2.73. The number of benzene rings is 2. The summed E-state index contributed by atoms with van der Waals surface area (Å²) in [5.41, 5.74) is -1.15. The first-order valence-electron chi connectivity index (χ1n) is 8.80. The topological polar surface area (TPSA) is 97.4 Å². The SMILES string of the molecule is COc1ccc(NC(=O)c2cc(S(=O)(=O)Nc3cccc(C(F)(F)F)c3)ccc2Cl)cn1. The fraction of sp³-hybridized carbons (Fsp3) is 0.100. The molecule has 0 radical (unpaired) electrons. The average molecular weight is 486 g/mol. The number of carbonyl (C=O) groups excluding carboxylic acids is 1. The van der Waals surface area contributed by atoms with E-state index in [9.17, 15) is 26.4 Å². The summed E-state index contributed by atoms with van der Waals surface area (Å²) in [4.78, 5) is 16.2. The second-order valence-electron chi connectivity index (χ2n) is 6.37. The van der Waals surface area contributed by atoms with Crippen molar-refractivity contribution in [3.63, 3.8) is 0 Å². The van der Waals surface area contributed by atoms with E-state index < -0.39 is 27.7 Å². The predicted molar refractivity (Wildman–Crippen MR) is 112 cm³/mol. The summed E-state index contributed by atoms with van der Waals surface area (Å²) in [5, 5.41) is 2.50. The lowest BCUT2D eigenvalue weighted by molar-refractivity contribution is -0.137. The lowest BCUT2D eigenvalue weighted by Gasteiger charge is -2.13. The first kappa shape index (κ1) is 23.4. The van der Waals surface area contributed by atoms with Crippen LogP contribution in [0.25, 0.3) is 0 Å². The van der Waals surface area contributed by atoms with E-state index in [1.165, 1.54) is 37.6 Å². The van der Waals surface area contributed by atoms with Crippen LogP contribution in [-0.4, -0.2) is 26.4 Å². The number of halogens is 4.